The van der Waals surface area contributed by atoms with Crippen molar-refractivity contribution in [1.29, 1.82) is 0 Å². The second-order valence-corrected chi connectivity index (χ2v) is 3.46. The smallest absolute Gasteiger partial charge is 0.444 e. The van der Waals surface area contributed by atoms with Crippen LogP contribution in [-0.2, 0) is 6.54 Å². The van der Waals surface area contributed by atoms with Gasteiger partial charge >= 0.3 is 6.98 Å². The summed E-state index contributed by atoms with van der Waals surface area (Å²) in [7, 11) is 0. The van der Waals surface area contributed by atoms with E-state index in [0.29, 0.717) is 12.5 Å². The van der Waals surface area contributed by atoms with E-state index >= 15 is 0 Å². The van der Waals surface area contributed by atoms with Crippen molar-refractivity contribution in [2.24, 2.45) is 5.92 Å². The molecule has 0 aromatic carbocycles. The van der Waals surface area contributed by atoms with Crippen LogP contribution in [0.15, 0.2) is 12.3 Å². The van der Waals surface area contributed by atoms with Crippen LogP contribution in [0.25, 0.3) is 0 Å². The van der Waals surface area contributed by atoms with Crippen molar-refractivity contribution in [3.05, 3.63) is 12.3 Å². The third-order valence-corrected chi connectivity index (χ3v) is 2.21. The van der Waals surface area contributed by atoms with Gasteiger partial charge in [-0.05, 0) is 24.4 Å². The van der Waals surface area contributed by atoms with Crippen LogP contribution >= 0.6 is 0 Å². The van der Waals surface area contributed by atoms with Crippen LogP contribution in [0.2, 0.25) is 0 Å². The van der Waals surface area contributed by atoms with E-state index in [0.717, 1.165) is 23.6 Å². The number of hydrogen-bond donors (Lipinski definition) is 0. The Kier molecular flexibility index (Phi) is 1.85. The molecule has 0 radical (unpaired) electrons. The Hall–Kier alpha value is -0.935. The summed E-state index contributed by atoms with van der Waals surface area (Å²) in [6, 6.07) is 1.04. The summed E-state index contributed by atoms with van der Waals surface area (Å²) in [5.41, 5.74) is -0.577. The number of rotatable bonds is 3. The largest absolute Gasteiger partial charge is 0.527 e. The Morgan fingerprint density at radius 2 is 2.15 bits per heavy atom. The van der Waals surface area contributed by atoms with Crippen LogP contribution in [0, 0.1) is 5.92 Å². The molecule has 2 nitrogen and oxygen atoms in total. The lowest BCUT2D eigenvalue weighted by Crippen LogP contribution is -2.40. The standard InChI is InChI=1S/C7H9BF3N2/c9-8(10,11)7-3-4-12-13(7)5-6-1-2-6/h3-4,6H,1-2,5H2/q-1. The minimum absolute atomic E-state index is 0.414. The van der Waals surface area contributed by atoms with Gasteiger partial charge in [0.15, 0.2) is 0 Å². The quantitative estimate of drug-likeness (QED) is 0.656. The Bertz CT molecular complexity index is 303. The molecular weight excluding hydrogens is 180 g/mol. The van der Waals surface area contributed by atoms with E-state index in [9.17, 15) is 12.9 Å². The van der Waals surface area contributed by atoms with Crippen molar-refractivity contribution in [3.8, 4) is 0 Å². The van der Waals surface area contributed by atoms with Gasteiger partial charge in [-0.2, -0.15) is 5.10 Å². The molecule has 0 saturated heterocycles. The van der Waals surface area contributed by atoms with E-state index in [4.69, 9.17) is 0 Å². The minimum atomic E-state index is -4.90. The first-order valence-corrected chi connectivity index (χ1v) is 4.29. The van der Waals surface area contributed by atoms with Gasteiger partial charge in [-0.1, -0.05) is 6.07 Å². The zero-order valence-corrected chi connectivity index (χ0v) is 6.96. The van der Waals surface area contributed by atoms with Gasteiger partial charge in [-0.3, -0.25) is 4.68 Å². The molecule has 1 saturated carbocycles. The van der Waals surface area contributed by atoms with Gasteiger partial charge in [0.1, 0.15) is 0 Å². The van der Waals surface area contributed by atoms with Crippen molar-refractivity contribution >= 4 is 12.6 Å². The summed E-state index contributed by atoms with van der Waals surface area (Å²) < 4.78 is 38.1. The highest BCUT2D eigenvalue weighted by Gasteiger charge is 2.31. The SMILES string of the molecule is F[B-](F)(F)c1ccnn1CC1CC1. The maximum absolute atomic E-state index is 12.4. The molecule has 0 aliphatic heterocycles. The number of hydrogen-bond acceptors (Lipinski definition) is 1. The van der Waals surface area contributed by atoms with Gasteiger partial charge in [0.25, 0.3) is 0 Å². The summed E-state index contributed by atoms with van der Waals surface area (Å²) >= 11 is 0. The van der Waals surface area contributed by atoms with Gasteiger partial charge in [0, 0.05) is 12.7 Å². The summed E-state index contributed by atoms with van der Waals surface area (Å²) in [6.07, 6.45) is 3.28. The molecule has 0 amide bonds. The zero-order chi connectivity index (χ0) is 9.47. The van der Waals surface area contributed by atoms with E-state index in [1.54, 1.807) is 0 Å². The summed E-state index contributed by atoms with van der Waals surface area (Å²) in [6.45, 7) is -4.48. The molecule has 0 N–H and O–H groups in total. The molecule has 1 aromatic heterocycles. The van der Waals surface area contributed by atoms with Gasteiger partial charge in [0.2, 0.25) is 0 Å². The molecule has 0 atom stereocenters. The van der Waals surface area contributed by atoms with E-state index in [-0.39, 0.29) is 0 Å². The summed E-state index contributed by atoms with van der Waals surface area (Å²) in [5.74, 6) is 0.414. The second kappa shape index (κ2) is 2.78. The number of nitrogens with zero attached hydrogens (tertiary/aromatic N) is 2. The fourth-order valence-electron chi connectivity index (χ4n) is 1.32. The lowest BCUT2D eigenvalue weighted by Gasteiger charge is -2.16. The Balaban J connectivity index is 2.19. The molecule has 0 unspecified atom stereocenters. The first-order valence-electron chi connectivity index (χ1n) is 4.29. The highest BCUT2D eigenvalue weighted by molar-refractivity contribution is 6.72. The van der Waals surface area contributed by atoms with Crippen LogP contribution in [-0.4, -0.2) is 16.8 Å². The molecule has 1 fully saturated rings. The fraction of sp³-hybridized carbons (Fsp3) is 0.571. The van der Waals surface area contributed by atoms with Gasteiger partial charge in [-0.15, -0.1) is 0 Å². The average molecular weight is 189 g/mol. The molecule has 1 aliphatic carbocycles. The van der Waals surface area contributed by atoms with Crippen LogP contribution < -0.4 is 5.59 Å². The predicted octanol–water partition coefficient (Wildman–Crippen LogP) is 1.35. The Labute approximate surface area is 73.8 Å². The maximum Gasteiger partial charge on any atom is 0.527 e. The molecule has 1 aliphatic rings. The maximum atomic E-state index is 12.4. The zero-order valence-electron chi connectivity index (χ0n) is 6.96. The predicted molar refractivity (Wildman–Crippen MR) is 43.7 cm³/mol. The van der Waals surface area contributed by atoms with E-state index in [1.807, 2.05) is 0 Å². The summed E-state index contributed by atoms with van der Waals surface area (Å²) in [4.78, 5) is 0. The van der Waals surface area contributed by atoms with Gasteiger partial charge < -0.3 is 12.9 Å². The highest BCUT2D eigenvalue weighted by Crippen LogP contribution is 2.30. The molecule has 1 heterocycles. The van der Waals surface area contributed by atoms with Crippen molar-refractivity contribution in [2.75, 3.05) is 0 Å². The minimum Gasteiger partial charge on any atom is -0.444 e. The van der Waals surface area contributed by atoms with Crippen molar-refractivity contribution in [3.63, 3.8) is 0 Å². The molecular formula is C7H9BF3N2-. The average Bonchev–Trinajstić information content (AvgIpc) is 2.63. The van der Waals surface area contributed by atoms with Gasteiger partial charge in [-0.25, -0.2) is 0 Å². The summed E-state index contributed by atoms with van der Waals surface area (Å²) in [5, 5.41) is 3.68. The van der Waals surface area contributed by atoms with Crippen molar-refractivity contribution in [2.45, 2.75) is 19.4 Å². The molecule has 1 aromatic rings. The molecule has 2 rings (SSSR count). The first kappa shape index (κ1) is 8.65. The Morgan fingerprint density at radius 1 is 1.46 bits per heavy atom. The third-order valence-electron chi connectivity index (χ3n) is 2.21. The van der Waals surface area contributed by atoms with Crippen LogP contribution in [0.4, 0.5) is 12.9 Å². The van der Waals surface area contributed by atoms with Gasteiger partial charge in [0.05, 0.1) is 0 Å². The normalized spacial score (nSPS) is 17.8. The number of halogens is 3. The molecule has 0 spiro atoms. The van der Waals surface area contributed by atoms with E-state index in [2.05, 4.69) is 5.10 Å². The van der Waals surface area contributed by atoms with Crippen LogP contribution in [0.3, 0.4) is 0 Å². The highest BCUT2D eigenvalue weighted by atomic mass is 19.4. The lowest BCUT2D eigenvalue weighted by atomic mass is 9.86. The topological polar surface area (TPSA) is 17.8 Å². The number of aromatic nitrogens is 2. The molecule has 72 valence electrons. The lowest BCUT2D eigenvalue weighted by molar-refractivity contribution is 0.481. The first-order chi connectivity index (χ1) is 6.07. The second-order valence-electron chi connectivity index (χ2n) is 3.46. The fourth-order valence-corrected chi connectivity index (χ4v) is 1.32. The van der Waals surface area contributed by atoms with Crippen molar-refractivity contribution < 1.29 is 12.9 Å². The van der Waals surface area contributed by atoms with E-state index in [1.165, 1.54) is 6.20 Å². The molecule has 0 bridgehead atoms. The molecule has 13 heavy (non-hydrogen) atoms. The van der Waals surface area contributed by atoms with Crippen LogP contribution in [0.5, 0.6) is 0 Å². The van der Waals surface area contributed by atoms with Crippen molar-refractivity contribution in [1.82, 2.24) is 9.78 Å². The third kappa shape index (κ3) is 1.87. The van der Waals surface area contributed by atoms with E-state index < -0.39 is 12.6 Å². The monoisotopic (exact) mass is 189 g/mol. The molecule has 6 heteroatoms. The van der Waals surface area contributed by atoms with Crippen LogP contribution in [0.1, 0.15) is 12.8 Å². The Morgan fingerprint density at radius 3 is 2.69 bits per heavy atom.